The van der Waals surface area contributed by atoms with Crippen molar-refractivity contribution in [2.24, 2.45) is 0 Å². The van der Waals surface area contributed by atoms with Gasteiger partial charge in [0, 0.05) is 18.1 Å². The molecule has 0 aliphatic carbocycles. The first-order valence-corrected chi connectivity index (χ1v) is 6.40. The van der Waals surface area contributed by atoms with E-state index in [-0.39, 0.29) is 5.75 Å². The maximum atomic E-state index is 11.9. The molecule has 1 aromatic rings. The molecule has 0 aliphatic rings. The zero-order valence-electron chi connectivity index (χ0n) is 9.19. The standard InChI is InChI=1S/C10H14BNO2S/c1-4-15(13,14)10(2,3)8-5-9(11)7-12-6-8/h5-7H,4H2,1-3H3. The van der Waals surface area contributed by atoms with Crippen LogP contribution in [0, 0.1) is 0 Å². The predicted molar refractivity (Wildman–Crippen MR) is 62.1 cm³/mol. The molecule has 0 unspecified atom stereocenters. The highest BCUT2D eigenvalue weighted by molar-refractivity contribution is 7.92. The van der Waals surface area contributed by atoms with Gasteiger partial charge in [-0.1, -0.05) is 18.5 Å². The first-order valence-electron chi connectivity index (χ1n) is 4.74. The van der Waals surface area contributed by atoms with E-state index >= 15 is 0 Å². The predicted octanol–water partition coefficient (Wildman–Crippen LogP) is 0.545. The van der Waals surface area contributed by atoms with Gasteiger partial charge in [-0.3, -0.25) is 4.98 Å². The van der Waals surface area contributed by atoms with Crippen LogP contribution in [0.3, 0.4) is 0 Å². The Morgan fingerprint density at radius 1 is 1.40 bits per heavy atom. The Labute approximate surface area is 92.3 Å². The van der Waals surface area contributed by atoms with Crippen molar-refractivity contribution < 1.29 is 8.42 Å². The average Bonchev–Trinajstić information content (AvgIpc) is 2.17. The summed E-state index contributed by atoms with van der Waals surface area (Å²) in [5, 5.41) is 0. The van der Waals surface area contributed by atoms with E-state index in [1.165, 1.54) is 6.20 Å². The van der Waals surface area contributed by atoms with Gasteiger partial charge < -0.3 is 0 Å². The van der Waals surface area contributed by atoms with E-state index < -0.39 is 14.6 Å². The molecule has 0 saturated heterocycles. The quantitative estimate of drug-likeness (QED) is 0.703. The van der Waals surface area contributed by atoms with Crippen LogP contribution in [0.4, 0.5) is 0 Å². The summed E-state index contributed by atoms with van der Waals surface area (Å²) < 4.78 is 22.8. The summed E-state index contributed by atoms with van der Waals surface area (Å²) in [4.78, 5) is 3.91. The number of pyridine rings is 1. The van der Waals surface area contributed by atoms with Crippen molar-refractivity contribution >= 4 is 23.1 Å². The molecule has 2 radical (unpaired) electrons. The van der Waals surface area contributed by atoms with Crippen molar-refractivity contribution in [1.82, 2.24) is 4.98 Å². The van der Waals surface area contributed by atoms with Crippen molar-refractivity contribution in [3.63, 3.8) is 0 Å². The third-order valence-electron chi connectivity index (χ3n) is 2.61. The van der Waals surface area contributed by atoms with Crippen LogP contribution in [0.5, 0.6) is 0 Å². The van der Waals surface area contributed by atoms with Gasteiger partial charge >= 0.3 is 0 Å². The Bertz CT molecular complexity index is 454. The lowest BCUT2D eigenvalue weighted by atomic mass is 9.94. The normalized spacial score (nSPS) is 12.7. The fourth-order valence-corrected chi connectivity index (χ4v) is 2.52. The molecular weight excluding hydrogens is 209 g/mol. The molecule has 0 atom stereocenters. The zero-order valence-corrected chi connectivity index (χ0v) is 10.0. The van der Waals surface area contributed by atoms with Gasteiger partial charge in [0.15, 0.2) is 9.84 Å². The van der Waals surface area contributed by atoms with Crippen LogP contribution in [0.2, 0.25) is 0 Å². The Morgan fingerprint density at radius 2 is 2.00 bits per heavy atom. The van der Waals surface area contributed by atoms with Crippen LogP contribution in [-0.4, -0.2) is 27.0 Å². The second-order valence-electron chi connectivity index (χ2n) is 3.92. The highest BCUT2D eigenvalue weighted by Gasteiger charge is 2.34. The Kier molecular flexibility index (Phi) is 3.23. The van der Waals surface area contributed by atoms with Gasteiger partial charge in [-0.05, 0) is 19.4 Å². The number of hydrogen-bond acceptors (Lipinski definition) is 3. The van der Waals surface area contributed by atoms with E-state index in [1.807, 2.05) is 0 Å². The van der Waals surface area contributed by atoms with Crippen LogP contribution in [0.15, 0.2) is 18.5 Å². The molecule has 0 N–H and O–H groups in total. The minimum Gasteiger partial charge on any atom is -0.265 e. The van der Waals surface area contributed by atoms with Crippen LogP contribution in [-0.2, 0) is 14.6 Å². The fourth-order valence-electron chi connectivity index (χ4n) is 1.33. The number of sulfone groups is 1. The minimum absolute atomic E-state index is 0.106. The molecule has 0 saturated carbocycles. The van der Waals surface area contributed by atoms with Crippen molar-refractivity contribution in [3.05, 3.63) is 24.0 Å². The van der Waals surface area contributed by atoms with Crippen LogP contribution < -0.4 is 5.46 Å². The number of nitrogens with zero attached hydrogens (tertiary/aromatic N) is 1. The van der Waals surface area contributed by atoms with Gasteiger partial charge in [0.2, 0.25) is 0 Å². The van der Waals surface area contributed by atoms with Gasteiger partial charge in [-0.2, -0.15) is 0 Å². The van der Waals surface area contributed by atoms with Gasteiger partial charge in [0.05, 0.1) is 4.75 Å². The Balaban J connectivity index is 3.29. The second kappa shape index (κ2) is 3.97. The number of aromatic nitrogens is 1. The summed E-state index contributed by atoms with van der Waals surface area (Å²) in [6, 6.07) is 1.65. The lowest BCUT2D eigenvalue weighted by Gasteiger charge is -2.24. The molecule has 1 rings (SSSR count). The van der Waals surface area contributed by atoms with Gasteiger partial charge in [-0.15, -0.1) is 0 Å². The first kappa shape index (κ1) is 12.2. The number of hydrogen-bond donors (Lipinski definition) is 0. The van der Waals surface area contributed by atoms with Crippen molar-refractivity contribution in [2.45, 2.75) is 25.5 Å². The first-order chi connectivity index (χ1) is 6.81. The molecule has 0 fully saturated rings. The van der Waals surface area contributed by atoms with Crippen LogP contribution in [0.25, 0.3) is 0 Å². The van der Waals surface area contributed by atoms with Crippen molar-refractivity contribution in [2.75, 3.05) is 5.75 Å². The van der Waals surface area contributed by atoms with E-state index in [1.54, 1.807) is 33.0 Å². The smallest absolute Gasteiger partial charge is 0.159 e. The third-order valence-corrected chi connectivity index (χ3v) is 5.16. The molecule has 1 heterocycles. The van der Waals surface area contributed by atoms with Crippen LogP contribution >= 0.6 is 0 Å². The summed E-state index contributed by atoms with van der Waals surface area (Å²) in [6.45, 7) is 4.97. The lowest BCUT2D eigenvalue weighted by Crippen LogP contribution is -2.31. The van der Waals surface area contributed by atoms with Gasteiger partial charge in [-0.25, -0.2) is 8.42 Å². The summed E-state index contributed by atoms with van der Waals surface area (Å²) >= 11 is 0. The SMILES string of the molecule is [B]c1cncc(C(C)(C)S(=O)(=O)CC)c1. The second-order valence-corrected chi connectivity index (χ2v) is 6.75. The molecule has 80 valence electrons. The molecule has 15 heavy (non-hydrogen) atoms. The van der Waals surface area contributed by atoms with E-state index in [4.69, 9.17) is 7.85 Å². The van der Waals surface area contributed by atoms with Crippen molar-refractivity contribution in [3.8, 4) is 0 Å². The summed E-state index contributed by atoms with van der Waals surface area (Å²) in [7, 11) is 2.42. The van der Waals surface area contributed by atoms with Gasteiger partial charge in [0.1, 0.15) is 7.85 Å². The molecule has 3 nitrogen and oxygen atoms in total. The molecule has 0 aliphatic heterocycles. The summed E-state index contributed by atoms with van der Waals surface area (Å²) in [5.41, 5.74) is 1.11. The zero-order chi connectivity index (χ0) is 11.7. The summed E-state index contributed by atoms with van der Waals surface area (Å²) in [6.07, 6.45) is 3.04. The van der Waals surface area contributed by atoms with E-state index in [0.717, 1.165) is 0 Å². The topological polar surface area (TPSA) is 47.0 Å². The molecule has 0 aromatic carbocycles. The molecule has 5 heteroatoms. The summed E-state index contributed by atoms with van der Waals surface area (Å²) in [5.74, 6) is 0.106. The monoisotopic (exact) mass is 223 g/mol. The van der Waals surface area contributed by atoms with Crippen molar-refractivity contribution in [1.29, 1.82) is 0 Å². The largest absolute Gasteiger partial charge is 0.265 e. The maximum Gasteiger partial charge on any atom is 0.159 e. The fraction of sp³-hybridized carbons (Fsp3) is 0.500. The molecule has 0 bridgehead atoms. The van der Waals surface area contributed by atoms with Gasteiger partial charge in [0.25, 0.3) is 0 Å². The minimum atomic E-state index is -3.16. The lowest BCUT2D eigenvalue weighted by molar-refractivity contribution is 0.556. The molecule has 0 amide bonds. The molecule has 0 spiro atoms. The van der Waals surface area contributed by atoms with Crippen LogP contribution in [0.1, 0.15) is 26.3 Å². The van der Waals surface area contributed by atoms with E-state index in [2.05, 4.69) is 4.98 Å². The highest BCUT2D eigenvalue weighted by Crippen LogP contribution is 2.28. The maximum absolute atomic E-state index is 11.9. The molecular formula is C10H14BNO2S. The van der Waals surface area contributed by atoms with E-state index in [9.17, 15) is 8.42 Å². The Morgan fingerprint density at radius 3 is 2.47 bits per heavy atom. The average molecular weight is 223 g/mol. The third kappa shape index (κ3) is 2.22. The molecule has 1 aromatic heterocycles. The highest BCUT2D eigenvalue weighted by atomic mass is 32.2. The van der Waals surface area contributed by atoms with E-state index in [0.29, 0.717) is 11.0 Å². The number of rotatable bonds is 3. The Hall–Kier alpha value is -0.835.